The number of hydrogen-bond acceptors (Lipinski definition) is 4. The standard InChI is InChI=1S/C20H16N2O3/c1-3-12-25-17-10-8-15(9-11-17)13-16(14-21)20(23)22-18-6-4-5-7-19(18)24-2/h1,4-11,13H,12H2,2H3,(H,22,23). The molecule has 0 spiro atoms. The van der Waals surface area contributed by atoms with Gasteiger partial charge in [-0.05, 0) is 35.9 Å². The Labute approximate surface area is 146 Å². The molecule has 0 saturated carbocycles. The highest BCUT2D eigenvalue weighted by molar-refractivity contribution is 6.10. The van der Waals surface area contributed by atoms with Crippen LogP contribution in [0.4, 0.5) is 5.69 Å². The molecule has 0 unspecified atom stereocenters. The summed E-state index contributed by atoms with van der Waals surface area (Å²) in [7, 11) is 1.51. The molecule has 1 N–H and O–H groups in total. The predicted molar refractivity (Wildman–Crippen MR) is 96.0 cm³/mol. The van der Waals surface area contributed by atoms with Gasteiger partial charge in [0, 0.05) is 0 Å². The first-order chi connectivity index (χ1) is 12.2. The molecule has 25 heavy (non-hydrogen) atoms. The molecule has 0 fully saturated rings. The zero-order chi connectivity index (χ0) is 18.1. The van der Waals surface area contributed by atoms with Crippen molar-refractivity contribution in [3.63, 3.8) is 0 Å². The average Bonchev–Trinajstić information content (AvgIpc) is 2.65. The maximum Gasteiger partial charge on any atom is 0.266 e. The van der Waals surface area contributed by atoms with Crippen molar-refractivity contribution in [3.8, 4) is 29.9 Å². The van der Waals surface area contributed by atoms with E-state index in [2.05, 4.69) is 11.2 Å². The highest BCUT2D eigenvalue weighted by atomic mass is 16.5. The number of carbonyl (C=O) groups excluding carboxylic acids is 1. The fourth-order valence-electron chi connectivity index (χ4n) is 2.04. The van der Waals surface area contributed by atoms with Crippen LogP contribution in [0.2, 0.25) is 0 Å². The molecule has 0 aliphatic carbocycles. The minimum atomic E-state index is -0.514. The van der Waals surface area contributed by atoms with E-state index in [1.807, 2.05) is 6.07 Å². The monoisotopic (exact) mass is 332 g/mol. The quantitative estimate of drug-likeness (QED) is 0.501. The highest BCUT2D eigenvalue weighted by Gasteiger charge is 2.12. The summed E-state index contributed by atoms with van der Waals surface area (Å²) in [5.74, 6) is 3.00. The molecule has 0 heterocycles. The molecule has 5 heteroatoms. The van der Waals surface area contributed by atoms with Crippen LogP contribution >= 0.6 is 0 Å². The van der Waals surface area contributed by atoms with E-state index < -0.39 is 5.91 Å². The summed E-state index contributed by atoms with van der Waals surface area (Å²) in [6.07, 6.45) is 6.63. The lowest BCUT2D eigenvalue weighted by Crippen LogP contribution is -2.14. The number of hydrogen-bond donors (Lipinski definition) is 1. The van der Waals surface area contributed by atoms with E-state index in [0.29, 0.717) is 22.7 Å². The molecule has 2 aromatic carbocycles. The number of benzene rings is 2. The number of methoxy groups -OCH3 is 1. The second-order valence-electron chi connectivity index (χ2n) is 4.89. The maximum absolute atomic E-state index is 12.3. The number of ether oxygens (including phenoxy) is 2. The predicted octanol–water partition coefficient (Wildman–Crippen LogP) is 3.25. The minimum absolute atomic E-state index is 0.0248. The molecule has 0 aliphatic rings. The first kappa shape index (κ1) is 17.7. The summed E-state index contributed by atoms with van der Waals surface area (Å²) in [5, 5.41) is 11.9. The van der Waals surface area contributed by atoms with E-state index in [1.54, 1.807) is 48.5 Å². The Bertz CT molecular complexity index is 856. The third-order valence-corrected chi connectivity index (χ3v) is 3.23. The average molecular weight is 332 g/mol. The summed E-state index contributed by atoms with van der Waals surface area (Å²) in [6.45, 7) is 0.181. The van der Waals surface area contributed by atoms with Gasteiger partial charge in [0.1, 0.15) is 29.7 Å². The van der Waals surface area contributed by atoms with Gasteiger partial charge < -0.3 is 14.8 Å². The number of nitriles is 1. The van der Waals surface area contributed by atoms with Gasteiger partial charge in [0.15, 0.2) is 0 Å². The van der Waals surface area contributed by atoms with Crippen LogP contribution in [0.25, 0.3) is 6.08 Å². The van der Waals surface area contributed by atoms with Crippen molar-refractivity contribution in [2.24, 2.45) is 0 Å². The molecule has 0 bridgehead atoms. The third-order valence-electron chi connectivity index (χ3n) is 3.23. The van der Waals surface area contributed by atoms with Crippen LogP contribution in [-0.4, -0.2) is 19.6 Å². The van der Waals surface area contributed by atoms with Crippen molar-refractivity contribution >= 4 is 17.7 Å². The Morgan fingerprint density at radius 3 is 2.60 bits per heavy atom. The Morgan fingerprint density at radius 1 is 1.24 bits per heavy atom. The van der Waals surface area contributed by atoms with Gasteiger partial charge >= 0.3 is 0 Å². The fraction of sp³-hybridized carbons (Fsp3) is 0.100. The van der Waals surface area contributed by atoms with Gasteiger partial charge in [-0.2, -0.15) is 5.26 Å². The summed E-state index contributed by atoms with van der Waals surface area (Å²) >= 11 is 0. The van der Waals surface area contributed by atoms with Crippen LogP contribution in [0, 0.1) is 23.7 Å². The zero-order valence-electron chi connectivity index (χ0n) is 13.7. The van der Waals surface area contributed by atoms with E-state index in [0.717, 1.165) is 0 Å². The number of nitrogens with zero attached hydrogens (tertiary/aromatic N) is 1. The fourth-order valence-corrected chi connectivity index (χ4v) is 2.04. The van der Waals surface area contributed by atoms with Gasteiger partial charge in [0.2, 0.25) is 0 Å². The molecule has 1 amide bonds. The molecule has 5 nitrogen and oxygen atoms in total. The van der Waals surface area contributed by atoms with Crippen LogP contribution in [0.1, 0.15) is 5.56 Å². The number of para-hydroxylation sites is 2. The van der Waals surface area contributed by atoms with Crippen LogP contribution in [0.3, 0.4) is 0 Å². The molecular formula is C20H16N2O3. The number of nitrogens with one attached hydrogen (secondary N) is 1. The first-order valence-corrected chi connectivity index (χ1v) is 7.40. The Morgan fingerprint density at radius 2 is 1.96 bits per heavy atom. The van der Waals surface area contributed by atoms with Crippen LogP contribution < -0.4 is 14.8 Å². The van der Waals surface area contributed by atoms with Crippen LogP contribution in [-0.2, 0) is 4.79 Å². The second kappa shape index (κ2) is 8.81. The van der Waals surface area contributed by atoms with Gasteiger partial charge in [-0.3, -0.25) is 4.79 Å². The third kappa shape index (κ3) is 4.89. The van der Waals surface area contributed by atoms with E-state index in [9.17, 15) is 10.1 Å². The molecule has 124 valence electrons. The number of amides is 1. The zero-order valence-corrected chi connectivity index (χ0v) is 13.7. The van der Waals surface area contributed by atoms with Crippen molar-refractivity contribution < 1.29 is 14.3 Å². The smallest absolute Gasteiger partial charge is 0.266 e. The van der Waals surface area contributed by atoms with Crippen molar-refractivity contribution in [1.82, 2.24) is 0 Å². The molecule has 2 rings (SSSR count). The van der Waals surface area contributed by atoms with Crippen molar-refractivity contribution in [2.75, 3.05) is 19.0 Å². The van der Waals surface area contributed by atoms with E-state index in [1.165, 1.54) is 13.2 Å². The highest BCUT2D eigenvalue weighted by Crippen LogP contribution is 2.24. The van der Waals surface area contributed by atoms with Gasteiger partial charge in [-0.15, -0.1) is 6.42 Å². The topological polar surface area (TPSA) is 71.3 Å². The SMILES string of the molecule is C#CCOc1ccc(C=C(C#N)C(=O)Nc2ccccc2OC)cc1. The molecule has 0 atom stereocenters. The first-order valence-electron chi connectivity index (χ1n) is 7.40. The van der Waals surface area contributed by atoms with Gasteiger partial charge in [0.25, 0.3) is 5.91 Å². The molecule has 0 radical (unpaired) electrons. The Hall–Kier alpha value is -3.70. The Balaban J connectivity index is 2.15. The number of rotatable bonds is 6. The maximum atomic E-state index is 12.3. The van der Waals surface area contributed by atoms with Crippen molar-refractivity contribution in [3.05, 3.63) is 59.7 Å². The Kier molecular flexibility index (Phi) is 6.22. The lowest BCUT2D eigenvalue weighted by molar-refractivity contribution is -0.112. The number of anilines is 1. The lowest BCUT2D eigenvalue weighted by Gasteiger charge is -2.09. The summed E-state index contributed by atoms with van der Waals surface area (Å²) in [5.41, 5.74) is 1.16. The number of terminal acetylenes is 1. The second-order valence-corrected chi connectivity index (χ2v) is 4.89. The van der Waals surface area contributed by atoms with Crippen molar-refractivity contribution in [1.29, 1.82) is 5.26 Å². The van der Waals surface area contributed by atoms with Crippen LogP contribution in [0.5, 0.6) is 11.5 Å². The van der Waals surface area contributed by atoms with Gasteiger partial charge in [-0.1, -0.05) is 30.2 Å². The molecular weight excluding hydrogens is 316 g/mol. The molecule has 2 aromatic rings. The summed E-state index contributed by atoms with van der Waals surface area (Å²) < 4.78 is 10.5. The largest absolute Gasteiger partial charge is 0.495 e. The van der Waals surface area contributed by atoms with Crippen molar-refractivity contribution in [2.45, 2.75) is 0 Å². The van der Waals surface area contributed by atoms with Gasteiger partial charge in [0.05, 0.1) is 12.8 Å². The van der Waals surface area contributed by atoms with E-state index in [-0.39, 0.29) is 12.2 Å². The molecule has 0 aromatic heterocycles. The normalized spacial score (nSPS) is 10.3. The van der Waals surface area contributed by atoms with Gasteiger partial charge in [-0.25, -0.2) is 0 Å². The van der Waals surface area contributed by atoms with E-state index >= 15 is 0 Å². The van der Waals surface area contributed by atoms with Crippen LogP contribution in [0.15, 0.2) is 54.1 Å². The van der Waals surface area contributed by atoms with E-state index in [4.69, 9.17) is 15.9 Å². The number of carbonyl (C=O) groups is 1. The molecule has 0 aliphatic heterocycles. The lowest BCUT2D eigenvalue weighted by atomic mass is 10.1. The summed E-state index contributed by atoms with van der Waals surface area (Å²) in [6, 6.07) is 15.8. The minimum Gasteiger partial charge on any atom is -0.495 e. The molecule has 0 saturated heterocycles. The summed E-state index contributed by atoms with van der Waals surface area (Å²) in [4.78, 5) is 12.3.